The van der Waals surface area contributed by atoms with Gasteiger partial charge < -0.3 is 10.0 Å². The molecule has 1 aromatic heterocycles. The number of hydrazine groups is 1. The van der Waals surface area contributed by atoms with Crippen LogP contribution in [0.3, 0.4) is 0 Å². The van der Waals surface area contributed by atoms with Crippen LogP contribution in [-0.4, -0.2) is 51.2 Å². The number of thiazole rings is 1. The van der Waals surface area contributed by atoms with Gasteiger partial charge in [-0.1, -0.05) is 23.9 Å². The number of amides is 2. The number of aliphatic hydroxyl groups is 1. The molecule has 0 radical (unpaired) electrons. The zero-order chi connectivity index (χ0) is 16.4. The number of nitrogens with zero attached hydrogens (tertiary/aromatic N) is 2. The van der Waals surface area contributed by atoms with Crippen molar-refractivity contribution in [1.29, 1.82) is 0 Å². The number of nitrogens with one attached hydrogen (secondary N) is 1. The van der Waals surface area contributed by atoms with Crippen molar-refractivity contribution >= 4 is 45.1 Å². The molecule has 4 N–H and O–H groups in total. The lowest BCUT2D eigenvalue weighted by Crippen LogP contribution is -2.48. The zero-order valence-electron chi connectivity index (χ0n) is 12.1. The standard InChI is InChI=1S/C14H16N4O3S2/c15-17-13(21)10-5-8(19)6-18(10)12(20)7-22-14-16-9-3-1-2-4-11(9)23-14/h1-4,8,10,19H,5-7,15H2,(H,17,21). The highest BCUT2D eigenvalue weighted by Gasteiger charge is 2.38. The van der Waals surface area contributed by atoms with Gasteiger partial charge in [-0.25, -0.2) is 10.8 Å². The van der Waals surface area contributed by atoms with Crippen LogP contribution in [0.1, 0.15) is 6.42 Å². The first-order chi connectivity index (χ1) is 11.1. The first-order valence-corrected chi connectivity index (χ1v) is 8.85. The van der Waals surface area contributed by atoms with E-state index in [1.807, 2.05) is 29.7 Å². The summed E-state index contributed by atoms with van der Waals surface area (Å²) in [5.74, 6) is 4.64. The molecular weight excluding hydrogens is 336 g/mol. The predicted octanol–water partition coefficient (Wildman–Crippen LogP) is 0.340. The first kappa shape index (κ1) is 16.2. The maximum atomic E-state index is 12.4. The Morgan fingerprint density at radius 1 is 1.48 bits per heavy atom. The van der Waals surface area contributed by atoms with Crippen molar-refractivity contribution in [3.8, 4) is 0 Å². The lowest BCUT2D eigenvalue weighted by molar-refractivity contribution is -0.136. The maximum Gasteiger partial charge on any atom is 0.256 e. The lowest BCUT2D eigenvalue weighted by atomic mass is 10.2. The van der Waals surface area contributed by atoms with Crippen molar-refractivity contribution < 1.29 is 14.7 Å². The fraction of sp³-hybridized carbons (Fsp3) is 0.357. The number of carbonyl (C=O) groups is 2. The van der Waals surface area contributed by atoms with E-state index in [2.05, 4.69) is 4.98 Å². The summed E-state index contributed by atoms with van der Waals surface area (Å²) in [4.78, 5) is 29.9. The van der Waals surface area contributed by atoms with Crippen LogP contribution >= 0.6 is 23.1 Å². The summed E-state index contributed by atoms with van der Waals surface area (Å²) in [6.07, 6.45) is -0.491. The minimum absolute atomic E-state index is 0.150. The van der Waals surface area contributed by atoms with E-state index < -0.39 is 18.1 Å². The van der Waals surface area contributed by atoms with Crippen LogP contribution in [0, 0.1) is 0 Å². The van der Waals surface area contributed by atoms with Crippen LogP contribution in [0.4, 0.5) is 0 Å². The van der Waals surface area contributed by atoms with E-state index in [9.17, 15) is 14.7 Å². The van der Waals surface area contributed by atoms with Crippen molar-refractivity contribution in [2.75, 3.05) is 12.3 Å². The number of benzene rings is 1. The van der Waals surface area contributed by atoms with E-state index in [0.29, 0.717) is 0 Å². The van der Waals surface area contributed by atoms with Gasteiger partial charge in [-0.2, -0.15) is 0 Å². The molecule has 9 heteroatoms. The van der Waals surface area contributed by atoms with Crippen molar-refractivity contribution in [1.82, 2.24) is 15.3 Å². The Morgan fingerprint density at radius 2 is 2.26 bits per heavy atom. The minimum atomic E-state index is -0.710. The van der Waals surface area contributed by atoms with Crippen molar-refractivity contribution in [2.24, 2.45) is 5.84 Å². The molecule has 2 aromatic rings. The number of aromatic nitrogens is 1. The molecule has 1 aromatic carbocycles. The number of para-hydroxylation sites is 1. The maximum absolute atomic E-state index is 12.4. The van der Waals surface area contributed by atoms with Crippen LogP contribution in [0.25, 0.3) is 10.2 Å². The highest BCUT2D eigenvalue weighted by Crippen LogP contribution is 2.30. The van der Waals surface area contributed by atoms with Crippen molar-refractivity contribution in [3.05, 3.63) is 24.3 Å². The van der Waals surface area contributed by atoms with E-state index in [1.165, 1.54) is 28.0 Å². The fourth-order valence-corrected chi connectivity index (χ4v) is 4.51. The Hall–Kier alpha value is -1.68. The molecule has 0 spiro atoms. The molecular formula is C14H16N4O3S2. The number of fused-ring (bicyclic) bond motifs is 1. The monoisotopic (exact) mass is 352 g/mol. The van der Waals surface area contributed by atoms with Gasteiger partial charge in [0.15, 0.2) is 4.34 Å². The molecule has 0 bridgehead atoms. The Kier molecular flexibility index (Phi) is 4.81. The van der Waals surface area contributed by atoms with Crippen LogP contribution < -0.4 is 11.3 Å². The topological polar surface area (TPSA) is 109 Å². The summed E-state index contributed by atoms with van der Waals surface area (Å²) < 4.78 is 1.87. The van der Waals surface area contributed by atoms with Gasteiger partial charge in [0.05, 0.1) is 22.1 Å². The molecule has 2 atom stereocenters. The largest absolute Gasteiger partial charge is 0.391 e. The number of β-amino-alcohol motifs (C(OH)–C–C–N with tert-alkyl or cyclic N) is 1. The minimum Gasteiger partial charge on any atom is -0.391 e. The van der Waals surface area contributed by atoms with Crippen LogP contribution in [-0.2, 0) is 9.59 Å². The SMILES string of the molecule is NNC(=O)C1CC(O)CN1C(=O)CSc1nc2ccccc2s1. The van der Waals surface area contributed by atoms with E-state index in [1.54, 1.807) is 0 Å². The van der Waals surface area contributed by atoms with Gasteiger partial charge in [0, 0.05) is 13.0 Å². The molecule has 0 saturated carbocycles. The van der Waals surface area contributed by atoms with Gasteiger partial charge in [0.1, 0.15) is 6.04 Å². The number of rotatable bonds is 4. The summed E-state index contributed by atoms with van der Waals surface area (Å²) in [5, 5.41) is 9.71. The van der Waals surface area contributed by atoms with Gasteiger partial charge in [0.2, 0.25) is 5.91 Å². The Labute approximate surface area is 140 Å². The van der Waals surface area contributed by atoms with E-state index in [-0.39, 0.29) is 24.6 Å². The number of hydrogen-bond donors (Lipinski definition) is 3. The summed E-state index contributed by atoms with van der Waals surface area (Å²) in [7, 11) is 0. The van der Waals surface area contributed by atoms with Crippen molar-refractivity contribution in [3.63, 3.8) is 0 Å². The quantitative estimate of drug-likeness (QED) is 0.317. The third-order valence-electron chi connectivity index (χ3n) is 3.64. The molecule has 122 valence electrons. The molecule has 2 heterocycles. The highest BCUT2D eigenvalue weighted by atomic mass is 32.2. The normalized spacial score (nSPS) is 20.9. The first-order valence-electron chi connectivity index (χ1n) is 7.05. The highest BCUT2D eigenvalue weighted by molar-refractivity contribution is 8.01. The van der Waals surface area contributed by atoms with Gasteiger partial charge >= 0.3 is 0 Å². The lowest BCUT2D eigenvalue weighted by Gasteiger charge is -2.22. The molecule has 23 heavy (non-hydrogen) atoms. The molecule has 1 saturated heterocycles. The third kappa shape index (κ3) is 3.47. The number of hydrogen-bond acceptors (Lipinski definition) is 7. The molecule has 1 aliphatic heterocycles. The van der Waals surface area contributed by atoms with Crippen LogP contribution in [0.5, 0.6) is 0 Å². The van der Waals surface area contributed by atoms with E-state index >= 15 is 0 Å². The summed E-state index contributed by atoms with van der Waals surface area (Å²) in [6.45, 7) is 0.150. The van der Waals surface area contributed by atoms with Crippen LogP contribution in [0.2, 0.25) is 0 Å². The van der Waals surface area contributed by atoms with Gasteiger partial charge in [-0.15, -0.1) is 11.3 Å². The zero-order valence-corrected chi connectivity index (χ0v) is 13.8. The number of nitrogens with two attached hydrogens (primary N) is 1. The molecule has 3 rings (SSSR count). The number of carbonyl (C=O) groups excluding carboxylic acids is 2. The number of thioether (sulfide) groups is 1. The van der Waals surface area contributed by atoms with Gasteiger partial charge in [-0.05, 0) is 12.1 Å². The van der Waals surface area contributed by atoms with Gasteiger partial charge in [0.25, 0.3) is 5.91 Å². The molecule has 7 nitrogen and oxygen atoms in total. The number of likely N-dealkylation sites (tertiary alicyclic amines) is 1. The predicted molar refractivity (Wildman–Crippen MR) is 88.8 cm³/mol. The molecule has 1 fully saturated rings. The molecule has 2 unspecified atom stereocenters. The average molecular weight is 352 g/mol. The Balaban J connectivity index is 1.65. The summed E-state index contributed by atoms with van der Waals surface area (Å²) in [5.41, 5.74) is 2.95. The second-order valence-corrected chi connectivity index (χ2v) is 7.45. The molecule has 0 aliphatic carbocycles. The van der Waals surface area contributed by atoms with E-state index in [4.69, 9.17) is 5.84 Å². The van der Waals surface area contributed by atoms with E-state index in [0.717, 1.165) is 14.6 Å². The average Bonchev–Trinajstić information content (AvgIpc) is 3.14. The van der Waals surface area contributed by atoms with Gasteiger partial charge in [-0.3, -0.25) is 15.0 Å². The fourth-order valence-electron chi connectivity index (χ4n) is 2.55. The second kappa shape index (κ2) is 6.83. The summed E-state index contributed by atoms with van der Waals surface area (Å²) >= 11 is 2.86. The summed E-state index contributed by atoms with van der Waals surface area (Å²) in [6, 6.07) is 7.07. The van der Waals surface area contributed by atoms with Crippen molar-refractivity contribution in [2.45, 2.75) is 22.9 Å². The van der Waals surface area contributed by atoms with Crippen LogP contribution in [0.15, 0.2) is 28.6 Å². The Bertz CT molecular complexity index is 703. The number of aliphatic hydroxyl groups excluding tert-OH is 1. The second-order valence-electron chi connectivity index (χ2n) is 5.20. The Morgan fingerprint density at radius 3 is 3.00 bits per heavy atom. The molecule has 1 aliphatic rings. The third-order valence-corrected chi connectivity index (χ3v) is 5.80. The molecule has 2 amide bonds. The smallest absolute Gasteiger partial charge is 0.256 e.